The molecule has 5 nitrogen and oxygen atoms in total. The number of carbonyl (C=O) groups excluding carboxylic acids is 1. The second-order valence-corrected chi connectivity index (χ2v) is 7.10. The predicted molar refractivity (Wildman–Crippen MR) is 74.4 cm³/mol. The lowest BCUT2D eigenvalue weighted by molar-refractivity contribution is -0.131. The van der Waals surface area contributed by atoms with Crippen LogP contribution in [0.5, 0.6) is 0 Å². The first-order chi connectivity index (χ1) is 8.91. The van der Waals surface area contributed by atoms with Crippen LogP contribution in [-0.4, -0.2) is 29.9 Å². The Balaban J connectivity index is 2.01. The van der Waals surface area contributed by atoms with Crippen molar-refractivity contribution in [3.63, 3.8) is 0 Å². The molecule has 0 N–H and O–H groups in total. The molecule has 1 amide bonds. The predicted octanol–water partition coefficient (Wildman–Crippen LogP) is 3.36. The molecule has 5 heteroatoms. The Hall–Kier alpha value is -1.22. The molecule has 1 aliphatic carbocycles. The number of likely N-dealkylation sites (tertiary alicyclic amines) is 1. The van der Waals surface area contributed by atoms with Crippen molar-refractivity contribution in [3.05, 3.63) is 10.4 Å². The van der Waals surface area contributed by atoms with Crippen LogP contribution in [0.1, 0.15) is 46.5 Å². The molecule has 1 aliphatic heterocycles. The average Bonchev–Trinajstić information content (AvgIpc) is 2.65. The van der Waals surface area contributed by atoms with Crippen LogP contribution in [0.25, 0.3) is 10.4 Å². The summed E-state index contributed by atoms with van der Waals surface area (Å²) in [5, 5.41) is 3.61. The van der Waals surface area contributed by atoms with Crippen LogP contribution in [0, 0.1) is 17.3 Å². The monoisotopic (exact) mass is 264 g/mol. The van der Waals surface area contributed by atoms with E-state index >= 15 is 0 Å². The molecule has 3 atom stereocenters. The van der Waals surface area contributed by atoms with Gasteiger partial charge in [0.05, 0.1) is 0 Å². The molecule has 1 saturated heterocycles. The van der Waals surface area contributed by atoms with Crippen molar-refractivity contribution in [2.24, 2.45) is 22.4 Å². The zero-order chi connectivity index (χ0) is 14.0. The van der Waals surface area contributed by atoms with Crippen LogP contribution in [-0.2, 0) is 4.79 Å². The molecular formula is C14H24N4O. The van der Waals surface area contributed by atoms with Crippen LogP contribution in [0.3, 0.4) is 0 Å². The van der Waals surface area contributed by atoms with E-state index in [2.05, 4.69) is 35.7 Å². The Morgan fingerprint density at radius 2 is 2.21 bits per heavy atom. The van der Waals surface area contributed by atoms with Gasteiger partial charge in [-0.05, 0) is 42.0 Å². The van der Waals surface area contributed by atoms with Gasteiger partial charge >= 0.3 is 0 Å². The summed E-state index contributed by atoms with van der Waals surface area (Å²) >= 11 is 0. The topological polar surface area (TPSA) is 69.1 Å². The molecule has 2 aliphatic rings. The maximum absolute atomic E-state index is 12.2. The van der Waals surface area contributed by atoms with Crippen LogP contribution in [0.15, 0.2) is 5.11 Å². The molecule has 19 heavy (non-hydrogen) atoms. The third-order valence-electron chi connectivity index (χ3n) is 4.45. The van der Waals surface area contributed by atoms with Crippen molar-refractivity contribution in [1.82, 2.24) is 4.90 Å². The van der Waals surface area contributed by atoms with Gasteiger partial charge in [0, 0.05) is 30.5 Å². The Labute approximate surface area is 115 Å². The Morgan fingerprint density at radius 3 is 2.84 bits per heavy atom. The zero-order valence-corrected chi connectivity index (χ0v) is 12.2. The highest BCUT2D eigenvalue weighted by atomic mass is 16.2. The van der Waals surface area contributed by atoms with Crippen molar-refractivity contribution >= 4 is 5.91 Å². The smallest absolute Gasteiger partial charge is 0.223 e. The quantitative estimate of drug-likeness (QED) is 0.438. The highest BCUT2D eigenvalue weighted by Gasteiger charge is 2.40. The van der Waals surface area contributed by atoms with Gasteiger partial charge in [-0.15, -0.1) is 0 Å². The Kier molecular flexibility index (Phi) is 4.04. The molecule has 0 bridgehead atoms. The lowest BCUT2D eigenvalue weighted by Gasteiger charge is -2.42. The molecule has 0 spiro atoms. The van der Waals surface area contributed by atoms with Crippen LogP contribution in [0.4, 0.5) is 0 Å². The minimum Gasteiger partial charge on any atom is -0.339 e. The molecule has 3 unspecified atom stereocenters. The molecule has 0 aromatic rings. The fraction of sp³-hybridized carbons (Fsp3) is 0.929. The first-order valence-electron chi connectivity index (χ1n) is 7.21. The lowest BCUT2D eigenvalue weighted by atomic mass is 9.70. The van der Waals surface area contributed by atoms with Crippen molar-refractivity contribution in [3.8, 4) is 0 Å². The lowest BCUT2D eigenvalue weighted by Crippen LogP contribution is -2.44. The summed E-state index contributed by atoms with van der Waals surface area (Å²) < 4.78 is 0. The fourth-order valence-corrected chi connectivity index (χ4v) is 3.97. The average molecular weight is 264 g/mol. The molecule has 2 rings (SSSR count). The van der Waals surface area contributed by atoms with Gasteiger partial charge in [-0.25, -0.2) is 0 Å². The number of nitrogens with zero attached hydrogens (tertiary/aromatic N) is 4. The number of carbonyl (C=O) groups is 1. The summed E-state index contributed by atoms with van der Waals surface area (Å²) in [6.45, 7) is 8.10. The first-order valence-corrected chi connectivity index (χ1v) is 7.21. The number of azide groups is 1. The molecular weight excluding hydrogens is 240 g/mol. The molecule has 0 aromatic carbocycles. The van der Waals surface area contributed by atoms with Crippen LogP contribution >= 0.6 is 0 Å². The van der Waals surface area contributed by atoms with Crippen molar-refractivity contribution in [2.75, 3.05) is 13.1 Å². The molecule has 0 radical (unpaired) electrons. The molecule has 2 fully saturated rings. The van der Waals surface area contributed by atoms with E-state index in [0.717, 1.165) is 19.4 Å². The van der Waals surface area contributed by atoms with Gasteiger partial charge in [0.15, 0.2) is 0 Å². The van der Waals surface area contributed by atoms with Gasteiger partial charge in [0.1, 0.15) is 0 Å². The number of amides is 1. The van der Waals surface area contributed by atoms with Gasteiger partial charge in [0.2, 0.25) is 5.91 Å². The summed E-state index contributed by atoms with van der Waals surface area (Å²) in [6, 6.07) is 0.377. The van der Waals surface area contributed by atoms with Crippen LogP contribution < -0.4 is 0 Å². The number of hydrogen-bond acceptors (Lipinski definition) is 2. The highest BCUT2D eigenvalue weighted by molar-refractivity contribution is 5.79. The zero-order valence-electron chi connectivity index (χ0n) is 12.2. The first kappa shape index (κ1) is 14.2. The van der Waals surface area contributed by atoms with E-state index in [4.69, 9.17) is 5.53 Å². The third-order valence-corrected chi connectivity index (χ3v) is 4.45. The maximum Gasteiger partial charge on any atom is 0.223 e. The van der Waals surface area contributed by atoms with E-state index in [0.29, 0.717) is 30.3 Å². The second-order valence-electron chi connectivity index (χ2n) is 7.10. The van der Waals surface area contributed by atoms with Crippen molar-refractivity contribution in [2.45, 2.75) is 52.5 Å². The summed E-state index contributed by atoms with van der Waals surface area (Å²) in [7, 11) is 0. The second kappa shape index (κ2) is 5.41. The van der Waals surface area contributed by atoms with E-state index in [1.807, 2.05) is 0 Å². The number of hydrogen-bond donors (Lipinski definition) is 0. The van der Waals surface area contributed by atoms with Gasteiger partial charge in [0.25, 0.3) is 0 Å². The van der Waals surface area contributed by atoms with Crippen LogP contribution in [0.2, 0.25) is 0 Å². The highest BCUT2D eigenvalue weighted by Crippen LogP contribution is 2.41. The SMILES string of the molecule is CC1CC(N2CC(CN=[N+]=[N-])CC2=O)CC(C)(C)C1. The Morgan fingerprint density at radius 1 is 1.47 bits per heavy atom. The van der Waals surface area contributed by atoms with E-state index < -0.39 is 0 Å². The van der Waals surface area contributed by atoms with E-state index in [-0.39, 0.29) is 11.8 Å². The standard InChI is InChI=1S/C14H24N4O/c1-10-4-12(7-14(2,3)6-10)18-9-11(5-13(18)19)8-16-17-15/h10-12H,4-9H2,1-3H3. The molecule has 1 saturated carbocycles. The summed E-state index contributed by atoms with van der Waals surface area (Å²) in [6.07, 6.45) is 4.00. The largest absolute Gasteiger partial charge is 0.339 e. The fourth-order valence-electron chi connectivity index (χ4n) is 3.97. The number of rotatable bonds is 3. The normalized spacial score (nSPS) is 34.2. The Bertz CT molecular complexity index is 400. The molecule has 0 aromatic heterocycles. The minimum atomic E-state index is 0.212. The molecule has 106 valence electrons. The van der Waals surface area contributed by atoms with Gasteiger partial charge in [-0.3, -0.25) is 4.79 Å². The van der Waals surface area contributed by atoms with E-state index in [1.165, 1.54) is 6.42 Å². The van der Waals surface area contributed by atoms with Crippen molar-refractivity contribution in [1.29, 1.82) is 0 Å². The van der Waals surface area contributed by atoms with Gasteiger partial charge < -0.3 is 4.90 Å². The molecule has 1 heterocycles. The van der Waals surface area contributed by atoms with E-state index in [9.17, 15) is 4.79 Å². The van der Waals surface area contributed by atoms with Gasteiger partial charge in [-0.1, -0.05) is 25.9 Å². The maximum atomic E-state index is 12.2. The van der Waals surface area contributed by atoms with Crippen molar-refractivity contribution < 1.29 is 4.79 Å². The van der Waals surface area contributed by atoms with E-state index in [1.54, 1.807) is 0 Å². The minimum absolute atomic E-state index is 0.212. The van der Waals surface area contributed by atoms with Gasteiger partial charge in [-0.2, -0.15) is 0 Å². The summed E-state index contributed by atoms with van der Waals surface area (Å²) in [5.74, 6) is 1.13. The third kappa shape index (κ3) is 3.41. The summed E-state index contributed by atoms with van der Waals surface area (Å²) in [5.41, 5.74) is 8.70. The summed E-state index contributed by atoms with van der Waals surface area (Å²) in [4.78, 5) is 17.0.